The fourth-order valence-corrected chi connectivity index (χ4v) is 4.96. The number of para-hydroxylation sites is 1. The van der Waals surface area contributed by atoms with E-state index in [9.17, 15) is 22.4 Å². The largest absolute Gasteiger partial charge is 0.452 e. The molecule has 3 rings (SSSR count). The van der Waals surface area contributed by atoms with E-state index < -0.39 is 33.3 Å². The van der Waals surface area contributed by atoms with Gasteiger partial charge in [-0.2, -0.15) is 4.31 Å². The smallest absolute Gasteiger partial charge is 0.338 e. The number of esters is 1. The van der Waals surface area contributed by atoms with E-state index in [-0.39, 0.29) is 24.6 Å². The predicted molar refractivity (Wildman–Crippen MR) is 109 cm³/mol. The average Bonchev–Trinajstić information content (AvgIpc) is 3.17. The van der Waals surface area contributed by atoms with Gasteiger partial charge in [0.15, 0.2) is 6.61 Å². The van der Waals surface area contributed by atoms with Gasteiger partial charge in [-0.15, -0.1) is 0 Å². The quantitative estimate of drug-likeness (QED) is 0.626. The minimum absolute atomic E-state index is 0.142. The third-order valence-electron chi connectivity index (χ3n) is 5.01. The van der Waals surface area contributed by atoms with Gasteiger partial charge in [-0.05, 0) is 36.2 Å². The molecular weight excluding hydrogens is 411 g/mol. The summed E-state index contributed by atoms with van der Waals surface area (Å²) in [5, 5.41) is 0. The van der Waals surface area contributed by atoms with E-state index >= 15 is 0 Å². The van der Waals surface area contributed by atoms with Crippen LogP contribution in [0.2, 0.25) is 0 Å². The maximum atomic E-state index is 14.2. The second-order valence-electron chi connectivity index (χ2n) is 6.73. The molecule has 0 unspecified atom stereocenters. The van der Waals surface area contributed by atoms with Crippen molar-refractivity contribution >= 4 is 27.6 Å². The molecule has 30 heavy (non-hydrogen) atoms. The van der Waals surface area contributed by atoms with Crippen LogP contribution >= 0.6 is 0 Å². The normalized spacial score (nSPS) is 13.4. The minimum Gasteiger partial charge on any atom is -0.452 e. The summed E-state index contributed by atoms with van der Waals surface area (Å²) in [7, 11) is -4.09. The lowest BCUT2D eigenvalue weighted by Gasteiger charge is -2.19. The second kappa shape index (κ2) is 8.93. The number of carbonyl (C=O) groups excluding carboxylic acids is 2. The zero-order valence-electron chi connectivity index (χ0n) is 16.8. The van der Waals surface area contributed by atoms with Crippen LogP contribution in [0.15, 0.2) is 47.4 Å². The van der Waals surface area contributed by atoms with Gasteiger partial charge < -0.3 is 9.64 Å². The van der Waals surface area contributed by atoms with Crippen LogP contribution in [0.5, 0.6) is 0 Å². The number of anilines is 1. The molecule has 1 amide bonds. The molecule has 2 aromatic rings. The monoisotopic (exact) mass is 434 g/mol. The van der Waals surface area contributed by atoms with Gasteiger partial charge in [0.2, 0.25) is 10.0 Å². The zero-order valence-corrected chi connectivity index (χ0v) is 17.6. The maximum Gasteiger partial charge on any atom is 0.338 e. The van der Waals surface area contributed by atoms with E-state index in [1.165, 1.54) is 0 Å². The van der Waals surface area contributed by atoms with Crippen molar-refractivity contribution in [2.24, 2.45) is 0 Å². The number of carbonyl (C=O) groups is 2. The van der Waals surface area contributed by atoms with E-state index in [0.717, 1.165) is 40.2 Å². The van der Waals surface area contributed by atoms with Crippen molar-refractivity contribution in [1.82, 2.24) is 4.31 Å². The molecule has 0 spiro atoms. The van der Waals surface area contributed by atoms with Crippen LogP contribution in [0.1, 0.15) is 29.8 Å². The van der Waals surface area contributed by atoms with Crippen molar-refractivity contribution < 1.29 is 27.1 Å². The number of hydrogen-bond acceptors (Lipinski definition) is 5. The van der Waals surface area contributed by atoms with Gasteiger partial charge in [0.25, 0.3) is 5.91 Å². The van der Waals surface area contributed by atoms with Gasteiger partial charge in [0.05, 0.1) is 5.56 Å². The van der Waals surface area contributed by atoms with Crippen LogP contribution in [-0.4, -0.2) is 50.8 Å². The van der Waals surface area contributed by atoms with Crippen LogP contribution in [0.3, 0.4) is 0 Å². The van der Waals surface area contributed by atoms with Gasteiger partial charge in [-0.3, -0.25) is 4.79 Å². The Hall–Kier alpha value is -2.78. The van der Waals surface area contributed by atoms with Gasteiger partial charge in [-0.1, -0.05) is 32.0 Å². The Morgan fingerprint density at radius 1 is 1.13 bits per heavy atom. The summed E-state index contributed by atoms with van der Waals surface area (Å²) in [6.07, 6.45) is 0.723. The second-order valence-corrected chi connectivity index (χ2v) is 8.64. The molecule has 0 aromatic heterocycles. The minimum atomic E-state index is -4.09. The predicted octanol–water partition coefficient (Wildman–Crippen LogP) is 2.60. The van der Waals surface area contributed by atoms with Crippen molar-refractivity contribution in [3.63, 3.8) is 0 Å². The highest BCUT2D eigenvalue weighted by molar-refractivity contribution is 7.89. The van der Waals surface area contributed by atoms with Gasteiger partial charge >= 0.3 is 5.97 Å². The van der Waals surface area contributed by atoms with E-state index in [0.29, 0.717) is 6.54 Å². The molecule has 7 nitrogen and oxygen atoms in total. The number of nitrogens with zero attached hydrogens (tertiary/aromatic N) is 2. The Morgan fingerprint density at radius 3 is 2.53 bits per heavy atom. The molecule has 160 valence electrons. The highest BCUT2D eigenvalue weighted by atomic mass is 32.2. The number of halogens is 1. The molecule has 0 atom stereocenters. The number of sulfonamides is 1. The topological polar surface area (TPSA) is 84.0 Å². The van der Waals surface area contributed by atoms with Crippen molar-refractivity contribution in [1.29, 1.82) is 0 Å². The Morgan fingerprint density at radius 2 is 1.83 bits per heavy atom. The SMILES string of the molecule is CCN(CC)S(=O)(=O)c1cc(C(=O)OCC(=O)N2CCc3ccccc32)ccc1F. The van der Waals surface area contributed by atoms with E-state index in [1.54, 1.807) is 18.7 Å². The number of ether oxygens (including phenoxy) is 1. The molecule has 2 aromatic carbocycles. The fourth-order valence-electron chi connectivity index (χ4n) is 3.42. The number of amides is 1. The van der Waals surface area contributed by atoms with E-state index in [1.807, 2.05) is 24.3 Å². The molecule has 0 saturated carbocycles. The molecule has 0 radical (unpaired) electrons. The standard InChI is InChI=1S/C21H23FN2O5S/c1-3-23(4-2)30(27,28)19-13-16(9-10-17(19)22)21(26)29-14-20(25)24-12-11-15-7-5-6-8-18(15)24/h5-10,13H,3-4,11-12,14H2,1-2H3. The van der Waals surface area contributed by atoms with Gasteiger partial charge in [0, 0.05) is 25.3 Å². The number of fused-ring (bicyclic) bond motifs is 1. The molecule has 1 aliphatic heterocycles. The fraction of sp³-hybridized carbons (Fsp3) is 0.333. The lowest BCUT2D eigenvalue weighted by Crippen LogP contribution is -2.33. The molecule has 0 fully saturated rings. The first-order chi connectivity index (χ1) is 14.3. The summed E-state index contributed by atoms with van der Waals surface area (Å²) < 4.78 is 45.6. The summed E-state index contributed by atoms with van der Waals surface area (Å²) in [6, 6.07) is 10.5. The third kappa shape index (κ3) is 4.22. The molecule has 9 heteroatoms. The summed E-state index contributed by atoms with van der Waals surface area (Å²) >= 11 is 0. The Kier molecular flexibility index (Phi) is 6.52. The van der Waals surface area contributed by atoms with E-state index in [2.05, 4.69) is 0 Å². The van der Waals surface area contributed by atoms with Crippen molar-refractivity contribution in [2.75, 3.05) is 31.1 Å². The Bertz CT molecular complexity index is 1070. The average molecular weight is 434 g/mol. The molecule has 1 heterocycles. The lowest BCUT2D eigenvalue weighted by atomic mass is 10.2. The highest BCUT2D eigenvalue weighted by Gasteiger charge is 2.28. The molecule has 1 aliphatic rings. The van der Waals surface area contributed by atoms with Crippen LogP contribution in [0.4, 0.5) is 10.1 Å². The van der Waals surface area contributed by atoms with Gasteiger partial charge in [-0.25, -0.2) is 17.6 Å². The Labute approximate surface area is 175 Å². The van der Waals surface area contributed by atoms with Crippen LogP contribution in [0.25, 0.3) is 0 Å². The first-order valence-electron chi connectivity index (χ1n) is 9.64. The van der Waals surface area contributed by atoms with Crippen molar-refractivity contribution in [2.45, 2.75) is 25.2 Å². The summed E-state index contributed by atoms with van der Waals surface area (Å²) in [6.45, 7) is 3.61. The molecule has 0 N–H and O–H groups in total. The molecular formula is C21H23FN2O5S. The van der Waals surface area contributed by atoms with Crippen molar-refractivity contribution in [3.8, 4) is 0 Å². The highest BCUT2D eigenvalue weighted by Crippen LogP contribution is 2.27. The van der Waals surface area contributed by atoms with Gasteiger partial charge in [0.1, 0.15) is 10.7 Å². The van der Waals surface area contributed by atoms with Crippen LogP contribution < -0.4 is 4.90 Å². The van der Waals surface area contributed by atoms with Crippen LogP contribution in [0, 0.1) is 5.82 Å². The number of benzene rings is 2. The molecule has 0 aliphatic carbocycles. The lowest BCUT2D eigenvalue weighted by molar-refractivity contribution is -0.121. The summed E-state index contributed by atoms with van der Waals surface area (Å²) in [4.78, 5) is 25.8. The molecule has 0 bridgehead atoms. The van der Waals surface area contributed by atoms with Crippen LogP contribution in [-0.2, 0) is 26.0 Å². The first-order valence-corrected chi connectivity index (χ1v) is 11.1. The van der Waals surface area contributed by atoms with Crippen molar-refractivity contribution in [3.05, 3.63) is 59.4 Å². The molecule has 0 saturated heterocycles. The summed E-state index contributed by atoms with van der Waals surface area (Å²) in [5.41, 5.74) is 1.69. The number of rotatable bonds is 7. The first kappa shape index (κ1) is 21.9. The number of hydrogen-bond donors (Lipinski definition) is 0. The van der Waals surface area contributed by atoms with E-state index in [4.69, 9.17) is 4.74 Å². The third-order valence-corrected chi connectivity index (χ3v) is 7.07. The zero-order chi connectivity index (χ0) is 21.9. The summed E-state index contributed by atoms with van der Waals surface area (Å²) in [5.74, 6) is -2.23. The maximum absolute atomic E-state index is 14.2. The Balaban J connectivity index is 1.73.